The van der Waals surface area contributed by atoms with Crippen molar-refractivity contribution in [2.75, 3.05) is 7.11 Å². The molecule has 0 aliphatic heterocycles. The second-order valence-electron chi connectivity index (χ2n) is 2.89. The fourth-order valence-corrected chi connectivity index (χ4v) is 1.37. The number of benzene rings is 1. The summed E-state index contributed by atoms with van der Waals surface area (Å²) in [5, 5.41) is 0. The topological polar surface area (TPSA) is 26.3 Å². The first-order chi connectivity index (χ1) is 6.29. The van der Waals surface area contributed by atoms with Crippen molar-refractivity contribution in [3.05, 3.63) is 35.9 Å². The maximum Gasteiger partial charge on any atom is 0.313 e. The molecule has 0 saturated carbocycles. The van der Waals surface area contributed by atoms with Crippen molar-refractivity contribution >= 4 is 5.97 Å². The highest BCUT2D eigenvalue weighted by atomic mass is 16.5. The molecule has 0 spiro atoms. The van der Waals surface area contributed by atoms with Crippen LogP contribution in [0, 0.1) is 0 Å². The Bertz CT molecular complexity index is 267. The third-order valence-corrected chi connectivity index (χ3v) is 2.10. The fraction of sp³-hybridized carbons (Fsp3) is 0.364. The molecule has 0 amide bonds. The molecular weight excluding hydrogens is 164 g/mol. The Balaban J connectivity index is 2.85. The fourth-order valence-electron chi connectivity index (χ4n) is 1.37. The van der Waals surface area contributed by atoms with Gasteiger partial charge in [-0.15, -0.1) is 0 Å². The molecule has 1 atom stereocenters. The van der Waals surface area contributed by atoms with E-state index in [1.165, 1.54) is 7.11 Å². The van der Waals surface area contributed by atoms with Gasteiger partial charge < -0.3 is 4.74 Å². The van der Waals surface area contributed by atoms with E-state index in [0.29, 0.717) is 0 Å². The van der Waals surface area contributed by atoms with Gasteiger partial charge in [-0.3, -0.25) is 4.79 Å². The van der Waals surface area contributed by atoms with Gasteiger partial charge in [-0.1, -0.05) is 37.3 Å². The van der Waals surface area contributed by atoms with Crippen LogP contribution < -0.4 is 0 Å². The van der Waals surface area contributed by atoms with Crippen molar-refractivity contribution in [3.63, 3.8) is 0 Å². The van der Waals surface area contributed by atoms with E-state index in [1.807, 2.05) is 37.3 Å². The lowest BCUT2D eigenvalue weighted by molar-refractivity contribution is -0.142. The zero-order valence-electron chi connectivity index (χ0n) is 7.99. The highest BCUT2D eigenvalue weighted by molar-refractivity contribution is 5.77. The first-order valence-electron chi connectivity index (χ1n) is 4.42. The molecule has 0 heterocycles. The third kappa shape index (κ3) is 2.31. The first kappa shape index (κ1) is 9.78. The molecular formula is C11H14O2. The van der Waals surface area contributed by atoms with Crippen LogP contribution in [0.4, 0.5) is 0 Å². The SMILES string of the molecule is CC[C@H](C(=O)OC)c1ccccc1. The molecule has 1 rings (SSSR count). The van der Waals surface area contributed by atoms with Gasteiger partial charge in [0.2, 0.25) is 0 Å². The van der Waals surface area contributed by atoms with Gasteiger partial charge in [-0.05, 0) is 12.0 Å². The second kappa shape index (κ2) is 4.65. The summed E-state index contributed by atoms with van der Waals surface area (Å²) in [6.07, 6.45) is 0.774. The highest BCUT2D eigenvalue weighted by Gasteiger charge is 2.18. The molecule has 0 bridgehead atoms. The van der Waals surface area contributed by atoms with Gasteiger partial charge in [0.1, 0.15) is 0 Å². The Kier molecular flexibility index (Phi) is 3.50. The molecule has 0 unspecified atom stereocenters. The van der Waals surface area contributed by atoms with Gasteiger partial charge in [-0.25, -0.2) is 0 Å². The summed E-state index contributed by atoms with van der Waals surface area (Å²) in [7, 11) is 1.42. The highest BCUT2D eigenvalue weighted by Crippen LogP contribution is 2.19. The zero-order valence-corrected chi connectivity index (χ0v) is 7.99. The van der Waals surface area contributed by atoms with Crippen LogP contribution in [-0.4, -0.2) is 13.1 Å². The van der Waals surface area contributed by atoms with Crippen molar-refractivity contribution in [1.29, 1.82) is 0 Å². The van der Waals surface area contributed by atoms with E-state index in [4.69, 9.17) is 4.74 Å². The number of hydrogen-bond donors (Lipinski definition) is 0. The molecule has 0 saturated heterocycles. The monoisotopic (exact) mass is 178 g/mol. The first-order valence-corrected chi connectivity index (χ1v) is 4.42. The number of ether oxygens (including phenoxy) is 1. The summed E-state index contributed by atoms with van der Waals surface area (Å²) < 4.78 is 4.72. The van der Waals surface area contributed by atoms with Crippen molar-refractivity contribution in [3.8, 4) is 0 Å². The summed E-state index contributed by atoms with van der Waals surface area (Å²) in [4.78, 5) is 11.3. The van der Waals surface area contributed by atoms with Gasteiger partial charge in [0.15, 0.2) is 0 Å². The van der Waals surface area contributed by atoms with Gasteiger partial charge in [0.25, 0.3) is 0 Å². The van der Waals surface area contributed by atoms with E-state index in [9.17, 15) is 4.79 Å². The van der Waals surface area contributed by atoms with E-state index < -0.39 is 0 Å². The average molecular weight is 178 g/mol. The zero-order chi connectivity index (χ0) is 9.68. The van der Waals surface area contributed by atoms with Crippen LogP contribution in [-0.2, 0) is 9.53 Å². The van der Waals surface area contributed by atoms with Crippen molar-refractivity contribution < 1.29 is 9.53 Å². The molecule has 0 N–H and O–H groups in total. The lowest BCUT2D eigenvalue weighted by Crippen LogP contribution is -2.13. The molecule has 0 aliphatic rings. The van der Waals surface area contributed by atoms with E-state index in [1.54, 1.807) is 0 Å². The Morgan fingerprint density at radius 2 is 2.00 bits per heavy atom. The van der Waals surface area contributed by atoms with Crippen LogP contribution in [0.5, 0.6) is 0 Å². The number of esters is 1. The molecule has 70 valence electrons. The lowest BCUT2D eigenvalue weighted by atomic mass is 9.97. The van der Waals surface area contributed by atoms with Crippen molar-refractivity contribution in [1.82, 2.24) is 0 Å². The molecule has 0 radical (unpaired) electrons. The van der Waals surface area contributed by atoms with Crippen molar-refractivity contribution in [2.45, 2.75) is 19.3 Å². The van der Waals surface area contributed by atoms with Crippen LogP contribution in [0.1, 0.15) is 24.8 Å². The minimum absolute atomic E-state index is 0.119. The van der Waals surface area contributed by atoms with Gasteiger partial charge in [0.05, 0.1) is 13.0 Å². The quantitative estimate of drug-likeness (QED) is 0.664. The Labute approximate surface area is 78.5 Å². The smallest absolute Gasteiger partial charge is 0.313 e. The predicted octanol–water partition coefficient (Wildman–Crippen LogP) is 2.35. The molecule has 0 aliphatic carbocycles. The molecule has 2 nitrogen and oxygen atoms in total. The molecule has 0 aromatic heterocycles. The molecule has 1 aromatic carbocycles. The standard InChI is InChI=1S/C11H14O2/c1-3-10(11(12)13-2)9-7-5-4-6-8-9/h4-8,10H,3H2,1-2H3/t10-/m0/s1. The normalized spacial score (nSPS) is 12.2. The second-order valence-corrected chi connectivity index (χ2v) is 2.89. The molecule has 0 fully saturated rings. The summed E-state index contributed by atoms with van der Waals surface area (Å²) >= 11 is 0. The third-order valence-electron chi connectivity index (χ3n) is 2.10. The lowest BCUT2D eigenvalue weighted by Gasteiger charge is -2.11. The number of hydrogen-bond acceptors (Lipinski definition) is 2. The van der Waals surface area contributed by atoms with Crippen LogP contribution in [0.25, 0.3) is 0 Å². The number of carbonyl (C=O) groups is 1. The number of carbonyl (C=O) groups excluding carboxylic acids is 1. The Morgan fingerprint density at radius 3 is 2.46 bits per heavy atom. The van der Waals surface area contributed by atoms with Crippen LogP contribution in [0.3, 0.4) is 0 Å². The molecule has 1 aromatic rings. The van der Waals surface area contributed by atoms with Gasteiger partial charge >= 0.3 is 5.97 Å². The van der Waals surface area contributed by atoms with E-state index in [0.717, 1.165) is 12.0 Å². The maximum atomic E-state index is 11.3. The van der Waals surface area contributed by atoms with Crippen LogP contribution in [0.15, 0.2) is 30.3 Å². The average Bonchev–Trinajstić information content (AvgIpc) is 2.20. The minimum Gasteiger partial charge on any atom is -0.469 e. The largest absolute Gasteiger partial charge is 0.469 e. The van der Waals surface area contributed by atoms with E-state index in [-0.39, 0.29) is 11.9 Å². The maximum absolute atomic E-state index is 11.3. The van der Waals surface area contributed by atoms with Gasteiger partial charge in [0, 0.05) is 0 Å². The van der Waals surface area contributed by atoms with E-state index >= 15 is 0 Å². The van der Waals surface area contributed by atoms with Crippen LogP contribution in [0.2, 0.25) is 0 Å². The van der Waals surface area contributed by atoms with Gasteiger partial charge in [-0.2, -0.15) is 0 Å². The summed E-state index contributed by atoms with van der Waals surface area (Å²) in [6.45, 7) is 1.98. The Hall–Kier alpha value is -1.31. The molecule has 2 heteroatoms. The van der Waals surface area contributed by atoms with Crippen LogP contribution >= 0.6 is 0 Å². The minimum atomic E-state index is -0.159. The summed E-state index contributed by atoms with van der Waals surface area (Å²) in [5.41, 5.74) is 1.02. The van der Waals surface area contributed by atoms with E-state index in [2.05, 4.69) is 0 Å². The number of methoxy groups -OCH3 is 1. The molecule has 13 heavy (non-hydrogen) atoms. The van der Waals surface area contributed by atoms with Crippen molar-refractivity contribution in [2.24, 2.45) is 0 Å². The Morgan fingerprint density at radius 1 is 1.38 bits per heavy atom. The predicted molar refractivity (Wildman–Crippen MR) is 51.5 cm³/mol. The summed E-state index contributed by atoms with van der Waals surface area (Å²) in [6, 6.07) is 9.70. The summed E-state index contributed by atoms with van der Waals surface area (Å²) in [5.74, 6) is -0.278. The number of rotatable bonds is 3.